The number of hydrogen-bond acceptors (Lipinski definition) is 3. The summed E-state index contributed by atoms with van der Waals surface area (Å²) in [5, 5.41) is 9.15. The minimum absolute atomic E-state index is 0.208. The molecule has 0 bridgehead atoms. The van der Waals surface area contributed by atoms with Gasteiger partial charge in [0.2, 0.25) is 0 Å². The first-order chi connectivity index (χ1) is 8.15. The van der Waals surface area contributed by atoms with Crippen LogP contribution >= 0.6 is 0 Å². The van der Waals surface area contributed by atoms with Crippen molar-refractivity contribution in [2.24, 2.45) is 0 Å². The highest BCUT2D eigenvalue weighted by molar-refractivity contribution is 5.94. The van der Waals surface area contributed by atoms with Crippen LogP contribution in [0.15, 0.2) is 24.3 Å². The number of amides is 1. The van der Waals surface area contributed by atoms with Crippen molar-refractivity contribution in [2.45, 2.75) is 13.5 Å². The highest BCUT2D eigenvalue weighted by Crippen LogP contribution is 2.03. The minimum atomic E-state index is -0.439. The fourth-order valence-corrected chi connectivity index (χ4v) is 1.36. The molecule has 0 fully saturated rings. The quantitative estimate of drug-likeness (QED) is 0.837. The van der Waals surface area contributed by atoms with Gasteiger partial charge in [0.1, 0.15) is 11.6 Å². The third-order valence-electron chi connectivity index (χ3n) is 2.14. The maximum Gasteiger partial charge on any atom is 0.251 e. The Morgan fingerprint density at radius 2 is 2.35 bits per heavy atom. The number of H-pyrrole nitrogens is 1. The first kappa shape index (κ1) is 11.3. The van der Waals surface area contributed by atoms with Crippen LogP contribution in [0.25, 0.3) is 0 Å². The van der Waals surface area contributed by atoms with E-state index in [2.05, 4.69) is 20.5 Å². The second-order valence-electron chi connectivity index (χ2n) is 3.53. The maximum absolute atomic E-state index is 12.9. The lowest BCUT2D eigenvalue weighted by molar-refractivity contribution is 0.0949. The predicted octanol–water partition coefficient (Wildman–Crippen LogP) is 1.18. The Balaban J connectivity index is 1.98. The molecule has 0 aliphatic rings. The van der Waals surface area contributed by atoms with Crippen molar-refractivity contribution in [1.29, 1.82) is 0 Å². The standard InChI is InChI=1S/C11H11FN4O/c1-7-14-10(16-15-7)6-13-11(17)8-3-2-4-9(12)5-8/h2-5H,6H2,1H3,(H,13,17)(H,14,15,16). The molecule has 0 aliphatic heterocycles. The van der Waals surface area contributed by atoms with E-state index < -0.39 is 5.82 Å². The summed E-state index contributed by atoms with van der Waals surface area (Å²) in [6, 6.07) is 5.50. The Kier molecular flexibility index (Phi) is 3.13. The molecular formula is C11H11FN4O. The molecule has 0 spiro atoms. The number of aromatic nitrogens is 3. The molecule has 2 rings (SSSR count). The zero-order chi connectivity index (χ0) is 12.3. The van der Waals surface area contributed by atoms with Gasteiger partial charge in [-0.05, 0) is 25.1 Å². The molecule has 1 amide bonds. The minimum Gasteiger partial charge on any atom is -0.345 e. The van der Waals surface area contributed by atoms with Crippen molar-refractivity contribution >= 4 is 5.91 Å². The van der Waals surface area contributed by atoms with Gasteiger partial charge in [0.05, 0.1) is 6.54 Å². The molecule has 88 valence electrons. The van der Waals surface area contributed by atoms with E-state index in [1.807, 2.05) is 0 Å². The molecule has 17 heavy (non-hydrogen) atoms. The van der Waals surface area contributed by atoms with Crippen molar-refractivity contribution in [1.82, 2.24) is 20.5 Å². The van der Waals surface area contributed by atoms with E-state index in [-0.39, 0.29) is 18.0 Å². The van der Waals surface area contributed by atoms with Crippen LogP contribution in [0.5, 0.6) is 0 Å². The molecule has 1 heterocycles. The van der Waals surface area contributed by atoms with Gasteiger partial charge in [-0.25, -0.2) is 9.37 Å². The van der Waals surface area contributed by atoms with E-state index in [0.717, 1.165) is 0 Å². The van der Waals surface area contributed by atoms with Crippen molar-refractivity contribution in [3.05, 3.63) is 47.3 Å². The lowest BCUT2D eigenvalue weighted by Gasteiger charge is -2.02. The third-order valence-corrected chi connectivity index (χ3v) is 2.14. The lowest BCUT2D eigenvalue weighted by Crippen LogP contribution is -2.23. The largest absolute Gasteiger partial charge is 0.345 e. The number of carbonyl (C=O) groups excluding carboxylic acids is 1. The summed E-state index contributed by atoms with van der Waals surface area (Å²) >= 11 is 0. The Morgan fingerprint density at radius 3 is 3.00 bits per heavy atom. The molecule has 0 radical (unpaired) electrons. The third kappa shape index (κ3) is 2.87. The summed E-state index contributed by atoms with van der Waals surface area (Å²) in [5.41, 5.74) is 0.275. The predicted molar refractivity (Wildman–Crippen MR) is 58.7 cm³/mol. The monoisotopic (exact) mass is 234 g/mol. The smallest absolute Gasteiger partial charge is 0.251 e. The summed E-state index contributed by atoms with van der Waals surface area (Å²) in [7, 11) is 0. The van der Waals surface area contributed by atoms with E-state index in [0.29, 0.717) is 11.6 Å². The zero-order valence-corrected chi connectivity index (χ0v) is 9.20. The van der Waals surface area contributed by atoms with Crippen molar-refractivity contribution in [3.8, 4) is 0 Å². The fourth-order valence-electron chi connectivity index (χ4n) is 1.36. The molecule has 5 nitrogen and oxygen atoms in total. The van der Waals surface area contributed by atoms with Gasteiger partial charge in [-0.15, -0.1) is 0 Å². The van der Waals surface area contributed by atoms with E-state index in [1.54, 1.807) is 13.0 Å². The van der Waals surface area contributed by atoms with Gasteiger partial charge in [0.15, 0.2) is 5.82 Å². The number of nitrogens with zero attached hydrogens (tertiary/aromatic N) is 2. The van der Waals surface area contributed by atoms with Crippen LogP contribution in [0.3, 0.4) is 0 Å². The van der Waals surface area contributed by atoms with Gasteiger partial charge in [-0.1, -0.05) is 6.07 Å². The molecule has 0 aliphatic carbocycles. The summed E-state index contributed by atoms with van der Waals surface area (Å²) < 4.78 is 12.9. The second-order valence-corrected chi connectivity index (χ2v) is 3.53. The molecule has 0 unspecified atom stereocenters. The van der Waals surface area contributed by atoms with Gasteiger partial charge < -0.3 is 5.32 Å². The second kappa shape index (κ2) is 4.73. The van der Waals surface area contributed by atoms with E-state index in [1.165, 1.54) is 18.2 Å². The van der Waals surface area contributed by atoms with E-state index in [9.17, 15) is 9.18 Å². The average Bonchev–Trinajstić information content (AvgIpc) is 2.72. The van der Waals surface area contributed by atoms with Crippen LogP contribution in [0.4, 0.5) is 4.39 Å². The van der Waals surface area contributed by atoms with Crippen LogP contribution in [-0.4, -0.2) is 21.1 Å². The number of carbonyl (C=O) groups is 1. The van der Waals surface area contributed by atoms with Crippen molar-refractivity contribution < 1.29 is 9.18 Å². The Labute approximate surface area is 97.1 Å². The fraction of sp³-hybridized carbons (Fsp3) is 0.182. The Hall–Kier alpha value is -2.24. The molecule has 6 heteroatoms. The van der Waals surface area contributed by atoms with Gasteiger partial charge in [-0.3, -0.25) is 9.89 Å². The van der Waals surface area contributed by atoms with Crippen LogP contribution in [-0.2, 0) is 6.54 Å². The molecule has 0 saturated heterocycles. The first-order valence-electron chi connectivity index (χ1n) is 5.07. The topological polar surface area (TPSA) is 70.7 Å². The highest BCUT2D eigenvalue weighted by Gasteiger charge is 2.07. The van der Waals surface area contributed by atoms with E-state index >= 15 is 0 Å². The maximum atomic E-state index is 12.9. The average molecular weight is 234 g/mol. The van der Waals surface area contributed by atoms with Crippen LogP contribution in [0.1, 0.15) is 22.0 Å². The van der Waals surface area contributed by atoms with Gasteiger partial charge in [0.25, 0.3) is 5.91 Å². The molecule has 2 N–H and O–H groups in total. The highest BCUT2D eigenvalue weighted by atomic mass is 19.1. The van der Waals surface area contributed by atoms with Crippen LogP contribution in [0, 0.1) is 12.7 Å². The summed E-state index contributed by atoms with van der Waals surface area (Å²) in [6.45, 7) is 1.98. The molecule has 1 aromatic heterocycles. The number of benzene rings is 1. The Morgan fingerprint density at radius 1 is 1.53 bits per heavy atom. The first-order valence-corrected chi connectivity index (χ1v) is 5.07. The molecule has 0 saturated carbocycles. The van der Waals surface area contributed by atoms with Gasteiger partial charge in [0, 0.05) is 5.56 Å². The van der Waals surface area contributed by atoms with Gasteiger partial charge >= 0.3 is 0 Å². The number of aromatic amines is 1. The van der Waals surface area contributed by atoms with Crippen molar-refractivity contribution in [3.63, 3.8) is 0 Å². The molecular weight excluding hydrogens is 223 g/mol. The number of halogens is 1. The molecule has 2 aromatic rings. The number of hydrogen-bond donors (Lipinski definition) is 2. The number of rotatable bonds is 3. The normalized spacial score (nSPS) is 10.2. The summed E-state index contributed by atoms with van der Waals surface area (Å²) in [6.07, 6.45) is 0. The molecule has 1 aromatic carbocycles. The lowest BCUT2D eigenvalue weighted by atomic mass is 10.2. The van der Waals surface area contributed by atoms with Crippen LogP contribution in [0.2, 0.25) is 0 Å². The van der Waals surface area contributed by atoms with E-state index in [4.69, 9.17) is 0 Å². The number of nitrogens with one attached hydrogen (secondary N) is 2. The summed E-state index contributed by atoms with van der Waals surface area (Å²) in [5.74, 6) is 0.380. The molecule has 0 atom stereocenters. The summed E-state index contributed by atoms with van der Waals surface area (Å²) in [4.78, 5) is 15.7. The Bertz CT molecular complexity index is 538. The van der Waals surface area contributed by atoms with Crippen LogP contribution < -0.4 is 5.32 Å². The van der Waals surface area contributed by atoms with Crippen molar-refractivity contribution in [2.75, 3.05) is 0 Å². The zero-order valence-electron chi connectivity index (χ0n) is 9.20. The number of aryl methyl sites for hydroxylation is 1. The SMILES string of the molecule is Cc1nc(CNC(=O)c2cccc(F)c2)n[nH]1. The van der Waals surface area contributed by atoms with Gasteiger partial charge in [-0.2, -0.15) is 5.10 Å².